The number of piperidine rings is 1. The molecular formula is C20H25N3O3. The van der Waals surface area contributed by atoms with E-state index in [0.29, 0.717) is 30.6 Å². The number of aromatic nitrogens is 2. The van der Waals surface area contributed by atoms with E-state index in [4.69, 9.17) is 4.74 Å². The summed E-state index contributed by atoms with van der Waals surface area (Å²) >= 11 is 0. The summed E-state index contributed by atoms with van der Waals surface area (Å²) < 4.78 is 6.53. The van der Waals surface area contributed by atoms with Crippen LogP contribution in [-0.4, -0.2) is 40.8 Å². The van der Waals surface area contributed by atoms with Crippen molar-refractivity contribution in [2.45, 2.75) is 27.2 Å². The molecule has 1 aliphatic heterocycles. The number of methoxy groups -OCH3 is 1. The molecule has 0 radical (unpaired) electrons. The third kappa shape index (κ3) is 3.64. The van der Waals surface area contributed by atoms with E-state index in [-0.39, 0.29) is 22.9 Å². The minimum Gasteiger partial charge on any atom is -0.494 e. The predicted molar refractivity (Wildman–Crippen MR) is 100.0 cm³/mol. The van der Waals surface area contributed by atoms with E-state index >= 15 is 0 Å². The van der Waals surface area contributed by atoms with Crippen molar-refractivity contribution in [2.75, 3.05) is 20.2 Å². The average molecular weight is 355 g/mol. The van der Waals surface area contributed by atoms with Gasteiger partial charge in [0.25, 0.3) is 11.5 Å². The van der Waals surface area contributed by atoms with Gasteiger partial charge in [-0.25, -0.2) is 0 Å². The van der Waals surface area contributed by atoms with Crippen molar-refractivity contribution < 1.29 is 9.53 Å². The van der Waals surface area contributed by atoms with Crippen LogP contribution in [0.5, 0.6) is 5.75 Å². The number of hydrogen-bond acceptors (Lipinski definition) is 4. The number of ether oxygens (including phenoxy) is 1. The summed E-state index contributed by atoms with van der Waals surface area (Å²) in [6.45, 7) is 7.65. The molecule has 1 saturated heterocycles. The van der Waals surface area contributed by atoms with E-state index < -0.39 is 0 Å². The van der Waals surface area contributed by atoms with Crippen LogP contribution in [0, 0.1) is 18.8 Å². The SMILES string of the molecule is COc1cc(=O)n(-c2ccc(C)cc2)nc1C(=O)N1C[C@H](C)C[C@H](C)C1. The molecule has 1 aromatic carbocycles. The number of amides is 1. The molecule has 1 aromatic heterocycles. The fourth-order valence-electron chi connectivity index (χ4n) is 3.59. The maximum atomic E-state index is 13.1. The van der Waals surface area contributed by atoms with Crippen LogP contribution in [0.2, 0.25) is 0 Å². The summed E-state index contributed by atoms with van der Waals surface area (Å²) in [5.41, 5.74) is 1.55. The number of likely N-dealkylation sites (tertiary alicyclic amines) is 1. The quantitative estimate of drug-likeness (QED) is 0.849. The molecule has 6 heteroatoms. The second-order valence-corrected chi connectivity index (χ2v) is 7.30. The first-order chi connectivity index (χ1) is 12.4. The van der Waals surface area contributed by atoms with Crippen LogP contribution in [0.3, 0.4) is 0 Å². The van der Waals surface area contributed by atoms with Crippen LogP contribution in [0.15, 0.2) is 35.1 Å². The van der Waals surface area contributed by atoms with Crippen LogP contribution in [-0.2, 0) is 0 Å². The van der Waals surface area contributed by atoms with Gasteiger partial charge in [0.1, 0.15) is 0 Å². The summed E-state index contributed by atoms with van der Waals surface area (Å²) in [5.74, 6) is 0.906. The van der Waals surface area contributed by atoms with E-state index in [0.717, 1.165) is 12.0 Å². The number of nitrogens with zero attached hydrogens (tertiary/aromatic N) is 3. The van der Waals surface area contributed by atoms with E-state index in [1.165, 1.54) is 17.9 Å². The largest absolute Gasteiger partial charge is 0.494 e. The Bertz CT molecular complexity index is 848. The van der Waals surface area contributed by atoms with Gasteiger partial charge in [-0.1, -0.05) is 31.5 Å². The Morgan fingerprint density at radius 1 is 1.15 bits per heavy atom. The van der Waals surface area contributed by atoms with Crippen LogP contribution < -0.4 is 10.3 Å². The molecule has 1 fully saturated rings. The standard InChI is InChI=1S/C20H25N3O3/c1-13-5-7-16(8-6-13)23-18(24)10-17(26-4)19(21-23)20(25)22-11-14(2)9-15(3)12-22/h5-8,10,14-15H,9,11-12H2,1-4H3/t14-,15+. The highest BCUT2D eigenvalue weighted by Crippen LogP contribution is 2.24. The Morgan fingerprint density at radius 3 is 2.35 bits per heavy atom. The number of aryl methyl sites for hydroxylation is 1. The molecule has 0 unspecified atom stereocenters. The Balaban J connectivity index is 2.02. The van der Waals surface area contributed by atoms with Gasteiger partial charge in [0.2, 0.25) is 0 Å². The summed E-state index contributed by atoms with van der Waals surface area (Å²) in [7, 11) is 1.45. The molecule has 1 amide bonds. The van der Waals surface area contributed by atoms with Crippen molar-refractivity contribution in [2.24, 2.45) is 11.8 Å². The lowest BCUT2D eigenvalue weighted by molar-refractivity contribution is 0.0611. The lowest BCUT2D eigenvalue weighted by Gasteiger charge is -2.34. The highest BCUT2D eigenvalue weighted by atomic mass is 16.5. The van der Waals surface area contributed by atoms with Crippen molar-refractivity contribution in [3.05, 3.63) is 51.9 Å². The number of rotatable bonds is 3. The molecule has 2 heterocycles. The number of carbonyl (C=O) groups is 1. The summed E-state index contributed by atoms with van der Waals surface area (Å²) in [4.78, 5) is 27.3. The summed E-state index contributed by atoms with van der Waals surface area (Å²) in [6, 6.07) is 8.77. The first-order valence-electron chi connectivity index (χ1n) is 8.93. The van der Waals surface area contributed by atoms with Crippen LogP contribution in [0.4, 0.5) is 0 Å². The minimum absolute atomic E-state index is 0.175. The Hall–Kier alpha value is -2.63. The van der Waals surface area contributed by atoms with Crippen molar-refractivity contribution in [3.63, 3.8) is 0 Å². The maximum Gasteiger partial charge on any atom is 0.278 e. The zero-order chi connectivity index (χ0) is 18.8. The van der Waals surface area contributed by atoms with Gasteiger partial charge in [-0.05, 0) is 37.3 Å². The Morgan fingerprint density at radius 2 is 1.77 bits per heavy atom. The predicted octanol–water partition coefficient (Wildman–Crippen LogP) is 2.67. The van der Waals surface area contributed by atoms with Gasteiger partial charge in [-0.15, -0.1) is 0 Å². The molecule has 0 aliphatic carbocycles. The molecule has 138 valence electrons. The molecule has 2 atom stereocenters. The van der Waals surface area contributed by atoms with Crippen molar-refractivity contribution in [1.29, 1.82) is 0 Å². The van der Waals surface area contributed by atoms with Gasteiger partial charge in [-0.3, -0.25) is 9.59 Å². The second-order valence-electron chi connectivity index (χ2n) is 7.30. The monoisotopic (exact) mass is 355 g/mol. The zero-order valence-electron chi connectivity index (χ0n) is 15.7. The first-order valence-corrected chi connectivity index (χ1v) is 8.93. The molecule has 6 nitrogen and oxygen atoms in total. The molecule has 0 N–H and O–H groups in total. The first kappa shape index (κ1) is 18.2. The smallest absolute Gasteiger partial charge is 0.278 e. The van der Waals surface area contributed by atoms with Gasteiger partial charge < -0.3 is 9.64 Å². The van der Waals surface area contributed by atoms with Gasteiger partial charge in [0.05, 0.1) is 18.9 Å². The topological polar surface area (TPSA) is 64.4 Å². The van der Waals surface area contributed by atoms with E-state index in [1.54, 1.807) is 0 Å². The molecule has 0 bridgehead atoms. The van der Waals surface area contributed by atoms with Crippen LogP contribution >= 0.6 is 0 Å². The molecule has 3 rings (SSSR count). The molecule has 26 heavy (non-hydrogen) atoms. The normalized spacial score (nSPS) is 20.1. The van der Waals surface area contributed by atoms with Gasteiger partial charge in [0, 0.05) is 13.1 Å². The molecule has 0 saturated carbocycles. The lowest BCUT2D eigenvalue weighted by atomic mass is 9.92. The van der Waals surface area contributed by atoms with E-state index in [2.05, 4.69) is 18.9 Å². The Labute approximate surface area is 153 Å². The average Bonchev–Trinajstić information content (AvgIpc) is 2.61. The number of carbonyl (C=O) groups excluding carboxylic acids is 1. The molecular weight excluding hydrogens is 330 g/mol. The fraction of sp³-hybridized carbons (Fsp3) is 0.450. The minimum atomic E-state index is -0.331. The number of benzene rings is 1. The van der Waals surface area contributed by atoms with Crippen molar-refractivity contribution in [1.82, 2.24) is 14.7 Å². The Kier molecular flexibility index (Phi) is 5.11. The van der Waals surface area contributed by atoms with Gasteiger partial charge in [0.15, 0.2) is 11.4 Å². The van der Waals surface area contributed by atoms with Gasteiger partial charge >= 0.3 is 0 Å². The maximum absolute atomic E-state index is 13.1. The van der Waals surface area contributed by atoms with Crippen LogP contribution in [0.25, 0.3) is 5.69 Å². The summed E-state index contributed by atoms with van der Waals surface area (Å²) in [6.07, 6.45) is 1.11. The number of hydrogen-bond donors (Lipinski definition) is 0. The zero-order valence-corrected chi connectivity index (χ0v) is 15.7. The molecule has 1 aliphatic rings. The third-order valence-electron chi connectivity index (χ3n) is 4.75. The van der Waals surface area contributed by atoms with Crippen molar-refractivity contribution in [3.8, 4) is 11.4 Å². The van der Waals surface area contributed by atoms with E-state index in [1.807, 2.05) is 36.1 Å². The highest BCUT2D eigenvalue weighted by molar-refractivity contribution is 5.94. The van der Waals surface area contributed by atoms with Crippen LogP contribution in [0.1, 0.15) is 36.3 Å². The molecule has 2 aromatic rings. The van der Waals surface area contributed by atoms with Crippen molar-refractivity contribution >= 4 is 5.91 Å². The van der Waals surface area contributed by atoms with Gasteiger partial charge in [-0.2, -0.15) is 9.78 Å². The third-order valence-corrected chi connectivity index (χ3v) is 4.75. The lowest BCUT2D eigenvalue weighted by Crippen LogP contribution is -2.43. The highest BCUT2D eigenvalue weighted by Gasteiger charge is 2.29. The van der Waals surface area contributed by atoms with E-state index in [9.17, 15) is 9.59 Å². The summed E-state index contributed by atoms with van der Waals surface area (Å²) in [5, 5.41) is 4.36. The molecule has 0 spiro atoms. The fourth-order valence-corrected chi connectivity index (χ4v) is 3.59. The second kappa shape index (κ2) is 7.32.